The Balaban J connectivity index is 1.72. The molecule has 0 aliphatic rings. The number of hydrogen-bond acceptors (Lipinski definition) is 3. The Morgan fingerprint density at radius 2 is 1.61 bits per heavy atom. The molecule has 0 radical (unpaired) electrons. The summed E-state index contributed by atoms with van der Waals surface area (Å²) in [6, 6.07) is 20.9. The topological polar surface area (TPSA) is 61.4 Å². The van der Waals surface area contributed by atoms with E-state index < -0.39 is 11.8 Å². The SMILES string of the molecule is CN(C)[C@@H](CNC(=O)C(=O)Nc1ccccc1Cl)c1cccc2ccccc12. The van der Waals surface area contributed by atoms with E-state index in [1.54, 1.807) is 24.3 Å². The summed E-state index contributed by atoms with van der Waals surface area (Å²) in [4.78, 5) is 26.5. The van der Waals surface area contributed by atoms with Gasteiger partial charge in [0, 0.05) is 6.54 Å². The molecule has 144 valence electrons. The van der Waals surface area contributed by atoms with E-state index >= 15 is 0 Å². The molecule has 0 aliphatic heterocycles. The van der Waals surface area contributed by atoms with E-state index in [0.29, 0.717) is 17.3 Å². The number of likely N-dealkylation sites (N-methyl/N-ethyl adjacent to an activating group) is 1. The predicted molar refractivity (Wildman–Crippen MR) is 113 cm³/mol. The molecule has 3 rings (SSSR count). The van der Waals surface area contributed by atoms with E-state index in [1.165, 1.54) is 0 Å². The Morgan fingerprint density at radius 1 is 0.929 bits per heavy atom. The maximum Gasteiger partial charge on any atom is 0.313 e. The second-order valence-electron chi connectivity index (χ2n) is 6.69. The molecule has 0 heterocycles. The molecule has 2 N–H and O–H groups in total. The zero-order valence-electron chi connectivity index (χ0n) is 15.8. The van der Waals surface area contributed by atoms with E-state index in [9.17, 15) is 9.59 Å². The van der Waals surface area contributed by atoms with Crippen molar-refractivity contribution < 1.29 is 9.59 Å². The molecule has 0 aliphatic carbocycles. The summed E-state index contributed by atoms with van der Waals surface area (Å²) in [6.45, 7) is 0.301. The molecule has 0 unspecified atom stereocenters. The predicted octanol–water partition coefficient (Wildman–Crippen LogP) is 3.85. The normalized spacial score (nSPS) is 12.0. The number of carbonyl (C=O) groups is 2. The molecule has 2 amide bonds. The van der Waals surface area contributed by atoms with Crippen molar-refractivity contribution in [1.82, 2.24) is 10.2 Å². The first-order valence-electron chi connectivity index (χ1n) is 8.95. The van der Waals surface area contributed by atoms with Crippen LogP contribution in [0.3, 0.4) is 0 Å². The lowest BCUT2D eigenvalue weighted by Gasteiger charge is -2.26. The second kappa shape index (κ2) is 8.87. The molecule has 3 aromatic rings. The number of para-hydroxylation sites is 1. The Kier molecular flexibility index (Phi) is 6.29. The Hall–Kier alpha value is -2.89. The fourth-order valence-corrected chi connectivity index (χ4v) is 3.31. The summed E-state index contributed by atoms with van der Waals surface area (Å²) in [5.74, 6) is -1.45. The molecular formula is C22H22ClN3O2. The fraction of sp³-hybridized carbons (Fsp3) is 0.182. The third kappa shape index (κ3) is 4.50. The lowest BCUT2D eigenvalue weighted by atomic mass is 9.98. The van der Waals surface area contributed by atoms with Crippen LogP contribution >= 0.6 is 11.6 Å². The Morgan fingerprint density at radius 3 is 2.36 bits per heavy atom. The highest BCUT2D eigenvalue weighted by Crippen LogP contribution is 2.26. The number of nitrogens with one attached hydrogen (secondary N) is 2. The minimum atomic E-state index is -0.747. The van der Waals surface area contributed by atoms with Gasteiger partial charge in [0.2, 0.25) is 0 Å². The van der Waals surface area contributed by atoms with Gasteiger partial charge < -0.3 is 15.5 Å². The number of rotatable bonds is 5. The van der Waals surface area contributed by atoms with Crippen LogP contribution in [0.1, 0.15) is 11.6 Å². The highest BCUT2D eigenvalue weighted by Gasteiger charge is 2.20. The minimum Gasteiger partial charge on any atom is -0.346 e. The average molecular weight is 396 g/mol. The number of halogens is 1. The molecule has 0 bridgehead atoms. The first-order valence-corrected chi connectivity index (χ1v) is 9.33. The zero-order valence-corrected chi connectivity index (χ0v) is 16.5. The van der Waals surface area contributed by atoms with Crippen LogP contribution in [0.4, 0.5) is 5.69 Å². The summed E-state index contributed by atoms with van der Waals surface area (Å²) < 4.78 is 0. The van der Waals surface area contributed by atoms with Crippen molar-refractivity contribution in [3.63, 3.8) is 0 Å². The van der Waals surface area contributed by atoms with E-state index in [-0.39, 0.29) is 6.04 Å². The number of nitrogens with zero attached hydrogens (tertiary/aromatic N) is 1. The fourth-order valence-electron chi connectivity index (χ4n) is 3.12. The minimum absolute atomic E-state index is 0.0804. The van der Waals surface area contributed by atoms with Gasteiger partial charge in [-0.2, -0.15) is 0 Å². The highest BCUT2D eigenvalue weighted by molar-refractivity contribution is 6.41. The number of anilines is 1. The van der Waals surface area contributed by atoms with Crippen LogP contribution in [0.5, 0.6) is 0 Å². The van der Waals surface area contributed by atoms with E-state index in [4.69, 9.17) is 11.6 Å². The summed E-state index contributed by atoms with van der Waals surface area (Å²) in [7, 11) is 3.89. The van der Waals surface area contributed by atoms with Gasteiger partial charge in [-0.05, 0) is 42.6 Å². The maximum absolute atomic E-state index is 12.3. The first kappa shape index (κ1) is 19.9. The van der Waals surface area contributed by atoms with Crippen LogP contribution in [-0.2, 0) is 9.59 Å². The van der Waals surface area contributed by atoms with Crippen LogP contribution < -0.4 is 10.6 Å². The van der Waals surface area contributed by atoms with Gasteiger partial charge in [-0.3, -0.25) is 9.59 Å². The molecule has 5 nitrogen and oxygen atoms in total. The van der Waals surface area contributed by atoms with Crippen LogP contribution in [0.15, 0.2) is 66.7 Å². The molecule has 0 aromatic heterocycles. The van der Waals surface area contributed by atoms with Gasteiger partial charge in [-0.15, -0.1) is 0 Å². The van der Waals surface area contributed by atoms with Crippen LogP contribution in [0, 0.1) is 0 Å². The lowest BCUT2D eigenvalue weighted by Crippen LogP contribution is -2.40. The highest BCUT2D eigenvalue weighted by atomic mass is 35.5. The molecule has 6 heteroatoms. The van der Waals surface area contributed by atoms with Gasteiger partial charge in [-0.25, -0.2) is 0 Å². The second-order valence-corrected chi connectivity index (χ2v) is 7.10. The van der Waals surface area contributed by atoms with Gasteiger partial charge in [0.25, 0.3) is 0 Å². The molecule has 0 fully saturated rings. The monoisotopic (exact) mass is 395 g/mol. The van der Waals surface area contributed by atoms with Crippen molar-refractivity contribution in [3.05, 3.63) is 77.3 Å². The van der Waals surface area contributed by atoms with Crippen molar-refractivity contribution >= 4 is 39.9 Å². The third-order valence-electron chi connectivity index (χ3n) is 4.59. The summed E-state index contributed by atoms with van der Waals surface area (Å²) >= 11 is 6.02. The van der Waals surface area contributed by atoms with Crippen molar-refractivity contribution in [2.24, 2.45) is 0 Å². The summed E-state index contributed by atoms with van der Waals surface area (Å²) in [5.41, 5.74) is 1.50. The molecule has 3 aromatic carbocycles. The molecule has 28 heavy (non-hydrogen) atoms. The van der Waals surface area contributed by atoms with Gasteiger partial charge >= 0.3 is 11.8 Å². The lowest BCUT2D eigenvalue weighted by molar-refractivity contribution is -0.136. The maximum atomic E-state index is 12.3. The molecule has 1 atom stereocenters. The van der Waals surface area contributed by atoms with Crippen molar-refractivity contribution in [3.8, 4) is 0 Å². The summed E-state index contributed by atoms with van der Waals surface area (Å²) in [6.07, 6.45) is 0. The molecule has 0 saturated carbocycles. The van der Waals surface area contributed by atoms with E-state index in [0.717, 1.165) is 16.3 Å². The quantitative estimate of drug-likeness (QED) is 0.645. The third-order valence-corrected chi connectivity index (χ3v) is 4.92. The summed E-state index contributed by atoms with van der Waals surface area (Å²) in [5, 5.41) is 7.90. The molecule has 0 spiro atoms. The van der Waals surface area contributed by atoms with Crippen LogP contribution in [-0.4, -0.2) is 37.4 Å². The number of fused-ring (bicyclic) bond motifs is 1. The first-order chi connectivity index (χ1) is 13.5. The Labute approximate surface area is 169 Å². The van der Waals surface area contributed by atoms with Crippen LogP contribution in [0.25, 0.3) is 10.8 Å². The number of hydrogen-bond donors (Lipinski definition) is 2. The number of benzene rings is 3. The van der Waals surface area contributed by atoms with Gasteiger partial charge in [0.05, 0.1) is 16.8 Å². The number of amides is 2. The van der Waals surface area contributed by atoms with E-state index in [2.05, 4.69) is 28.8 Å². The smallest absolute Gasteiger partial charge is 0.313 e. The average Bonchev–Trinajstić information content (AvgIpc) is 2.69. The molecule has 0 saturated heterocycles. The van der Waals surface area contributed by atoms with Gasteiger partial charge in [0.1, 0.15) is 0 Å². The van der Waals surface area contributed by atoms with Gasteiger partial charge in [-0.1, -0.05) is 66.2 Å². The van der Waals surface area contributed by atoms with Crippen LogP contribution in [0.2, 0.25) is 5.02 Å². The zero-order chi connectivity index (χ0) is 20.1. The van der Waals surface area contributed by atoms with Crippen molar-refractivity contribution in [2.75, 3.05) is 26.0 Å². The van der Waals surface area contributed by atoms with Gasteiger partial charge in [0.15, 0.2) is 0 Å². The standard InChI is InChI=1S/C22H22ClN3O2/c1-26(2)20(17-11-7-9-15-8-3-4-10-16(15)17)14-24-21(27)22(28)25-19-13-6-5-12-18(19)23/h3-13,20H,14H2,1-2H3,(H,24,27)(H,25,28)/t20-/m0/s1. The largest absolute Gasteiger partial charge is 0.346 e. The van der Waals surface area contributed by atoms with E-state index in [1.807, 2.05) is 43.3 Å². The number of carbonyl (C=O) groups excluding carboxylic acids is 2. The molecular weight excluding hydrogens is 374 g/mol. The van der Waals surface area contributed by atoms with Crippen molar-refractivity contribution in [1.29, 1.82) is 0 Å². The van der Waals surface area contributed by atoms with Crippen molar-refractivity contribution in [2.45, 2.75) is 6.04 Å². The Bertz CT molecular complexity index is 998.